The van der Waals surface area contributed by atoms with E-state index >= 15 is 0 Å². The number of nitrogens with zero attached hydrogens (tertiary/aromatic N) is 4. The third-order valence-corrected chi connectivity index (χ3v) is 11.2. The zero-order valence-electron chi connectivity index (χ0n) is 22.2. The normalized spacial score (nSPS) is 37.8. The molecule has 0 heterocycles. The van der Waals surface area contributed by atoms with Gasteiger partial charge in [0.15, 0.2) is 0 Å². The fourth-order valence-corrected chi connectivity index (χ4v) is 9.02. The van der Waals surface area contributed by atoms with Crippen molar-refractivity contribution in [2.75, 3.05) is 6.54 Å². The minimum Gasteiger partial charge on any atom is -0.389 e. The molecular formula is C28H37N5O5. The van der Waals surface area contributed by atoms with Gasteiger partial charge in [0.1, 0.15) is 11.3 Å². The molecule has 1 aromatic rings. The lowest BCUT2D eigenvalue weighted by Crippen LogP contribution is -2.57. The van der Waals surface area contributed by atoms with Crippen LogP contribution in [-0.4, -0.2) is 33.9 Å². The van der Waals surface area contributed by atoms with Gasteiger partial charge >= 0.3 is 0 Å². The van der Waals surface area contributed by atoms with Gasteiger partial charge in [0.25, 0.3) is 11.6 Å². The summed E-state index contributed by atoms with van der Waals surface area (Å²) in [4.78, 5) is 38.5. The van der Waals surface area contributed by atoms with Crippen molar-refractivity contribution in [2.24, 2.45) is 39.6 Å². The summed E-state index contributed by atoms with van der Waals surface area (Å²) in [7, 11) is 0. The number of rotatable bonds is 6. The number of aliphatic hydroxyl groups is 1. The molecular weight excluding hydrogens is 486 g/mol. The van der Waals surface area contributed by atoms with Crippen LogP contribution in [0.5, 0.6) is 0 Å². The van der Waals surface area contributed by atoms with Gasteiger partial charge in [0.2, 0.25) is 0 Å². The summed E-state index contributed by atoms with van der Waals surface area (Å²) in [5.74, 6) is 1.84. The Morgan fingerprint density at radius 1 is 1.21 bits per heavy atom. The van der Waals surface area contributed by atoms with Crippen molar-refractivity contribution in [3.05, 3.63) is 44.3 Å². The van der Waals surface area contributed by atoms with Crippen LogP contribution >= 0.6 is 0 Å². The Bertz CT molecular complexity index is 1210. The number of nitro groups is 1. The Balaban J connectivity index is 1.28. The van der Waals surface area contributed by atoms with E-state index in [1.165, 1.54) is 12.1 Å². The number of benzene rings is 1. The van der Waals surface area contributed by atoms with E-state index in [1.807, 2.05) is 0 Å². The third kappa shape index (κ3) is 4.18. The molecule has 1 amide bonds. The van der Waals surface area contributed by atoms with Gasteiger partial charge in [-0.25, -0.2) is 0 Å². The molecule has 1 aromatic carbocycles. The maximum absolute atomic E-state index is 12.9. The van der Waals surface area contributed by atoms with Crippen LogP contribution < -0.4 is 5.32 Å². The van der Waals surface area contributed by atoms with E-state index < -0.39 is 16.4 Å². The van der Waals surface area contributed by atoms with Crippen LogP contribution in [0, 0.1) is 44.6 Å². The summed E-state index contributed by atoms with van der Waals surface area (Å²) in [5.41, 5.74) is 7.31. The van der Waals surface area contributed by atoms with Crippen LogP contribution in [0.4, 0.5) is 11.4 Å². The predicted octanol–water partition coefficient (Wildman–Crippen LogP) is 6.00. The number of amides is 1. The van der Waals surface area contributed by atoms with Gasteiger partial charge < -0.3 is 10.4 Å². The number of carbonyl (C=O) groups is 2. The number of ketones is 1. The van der Waals surface area contributed by atoms with E-state index in [0.717, 1.165) is 51.0 Å². The lowest BCUT2D eigenvalue weighted by Gasteiger charge is -2.61. The van der Waals surface area contributed by atoms with Gasteiger partial charge in [-0.2, -0.15) is 0 Å². The standard InChI is InChI=1S/C28H37N5O5/c1-26-10-7-19(34)15-17(26)3-5-20-22(26)8-11-27(2)23(20)9-12-28(27,36)13-14-30-25(35)21-16-18(31-32-29)4-6-24(21)33(37)38/h4,6,16-17,20,22-23,36H,3,5,7-15H2,1-2H3,(H,30,35)/t17-,20+,22-,23-,26-,27-,28+/m0/s1. The van der Waals surface area contributed by atoms with Crippen molar-refractivity contribution in [1.82, 2.24) is 5.32 Å². The molecule has 0 aliphatic heterocycles. The number of hydrogen-bond acceptors (Lipinski definition) is 6. The van der Waals surface area contributed by atoms with Crippen molar-refractivity contribution >= 4 is 23.1 Å². The first kappa shape index (κ1) is 26.6. The molecule has 4 aliphatic rings. The Morgan fingerprint density at radius 2 is 1.97 bits per heavy atom. The molecule has 10 heteroatoms. The second-order valence-electron chi connectivity index (χ2n) is 12.6. The number of carbonyl (C=O) groups excluding carboxylic acids is 2. The maximum atomic E-state index is 12.9. The molecule has 0 radical (unpaired) electrons. The molecule has 4 aliphatic carbocycles. The number of Topliss-reactive ketones (excluding diaryl/α,β-unsaturated/α-hetero) is 1. The summed E-state index contributed by atoms with van der Waals surface area (Å²) in [6.45, 7) is 4.82. The Kier molecular flexibility index (Phi) is 6.76. The van der Waals surface area contributed by atoms with Crippen LogP contribution in [0.3, 0.4) is 0 Å². The quantitative estimate of drug-likeness (QED) is 0.154. The van der Waals surface area contributed by atoms with Gasteiger partial charge in [-0.05, 0) is 104 Å². The van der Waals surface area contributed by atoms with E-state index in [1.54, 1.807) is 0 Å². The lowest BCUT2D eigenvalue weighted by molar-refractivity contribution is -0.385. The molecule has 204 valence electrons. The zero-order chi connectivity index (χ0) is 27.3. The van der Waals surface area contributed by atoms with Crippen LogP contribution in [0.25, 0.3) is 10.4 Å². The topological polar surface area (TPSA) is 158 Å². The van der Waals surface area contributed by atoms with Gasteiger partial charge in [0, 0.05) is 36.1 Å². The van der Waals surface area contributed by atoms with E-state index in [2.05, 4.69) is 29.2 Å². The highest BCUT2D eigenvalue weighted by molar-refractivity contribution is 5.99. The van der Waals surface area contributed by atoms with Crippen LogP contribution in [0.1, 0.15) is 88.4 Å². The molecule has 10 nitrogen and oxygen atoms in total. The molecule has 4 fully saturated rings. The summed E-state index contributed by atoms with van der Waals surface area (Å²) in [6, 6.07) is 3.67. The highest BCUT2D eigenvalue weighted by Gasteiger charge is 2.64. The van der Waals surface area contributed by atoms with Crippen molar-refractivity contribution in [3.63, 3.8) is 0 Å². The molecule has 0 spiro atoms. The van der Waals surface area contributed by atoms with E-state index in [-0.39, 0.29) is 34.3 Å². The minimum absolute atomic E-state index is 0.121. The van der Waals surface area contributed by atoms with Crippen molar-refractivity contribution < 1.29 is 19.6 Å². The summed E-state index contributed by atoms with van der Waals surface area (Å²) < 4.78 is 0. The van der Waals surface area contributed by atoms with Crippen LogP contribution in [0.15, 0.2) is 23.3 Å². The smallest absolute Gasteiger partial charge is 0.282 e. The average molecular weight is 524 g/mol. The minimum atomic E-state index is -0.922. The molecule has 0 bridgehead atoms. The molecule has 7 atom stereocenters. The highest BCUT2D eigenvalue weighted by atomic mass is 16.6. The Labute approximate surface area is 222 Å². The molecule has 5 rings (SSSR count). The first-order valence-electron chi connectivity index (χ1n) is 13.9. The summed E-state index contributed by atoms with van der Waals surface area (Å²) >= 11 is 0. The second kappa shape index (κ2) is 9.65. The number of nitrogens with one attached hydrogen (secondary N) is 1. The van der Waals surface area contributed by atoms with Gasteiger partial charge in [-0.15, -0.1) is 0 Å². The van der Waals surface area contributed by atoms with E-state index in [0.29, 0.717) is 48.7 Å². The van der Waals surface area contributed by atoms with E-state index in [9.17, 15) is 24.8 Å². The third-order valence-electron chi connectivity index (χ3n) is 11.2. The Hall–Kier alpha value is -2.97. The maximum Gasteiger partial charge on any atom is 0.282 e. The van der Waals surface area contributed by atoms with Crippen LogP contribution in [-0.2, 0) is 4.79 Å². The summed E-state index contributed by atoms with van der Waals surface area (Å²) in [5, 5.41) is 29.6. The molecule has 0 aromatic heterocycles. The number of nitro benzene ring substituents is 1. The molecule has 4 saturated carbocycles. The van der Waals surface area contributed by atoms with E-state index in [4.69, 9.17) is 5.53 Å². The second-order valence-corrected chi connectivity index (χ2v) is 12.6. The van der Waals surface area contributed by atoms with Gasteiger partial charge in [-0.3, -0.25) is 19.7 Å². The molecule has 2 N–H and O–H groups in total. The lowest BCUT2D eigenvalue weighted by atomic mass is 9.44. The molecule has 38 heavy (non-hydrogen) atoms. The number of fused-ring (bicyclic) bond motifs is 5. The van der Waals surface area contributed by atoms with Gasteiger partial charge in [-0.1, -0.05) is 19.0 Å². The highest BCUT2D eigenvalue weighted by Crippen LogP contribution is 2.68. The van der Waals surface area contributed by atoms with Crippen molar-refractivity contribution in [2.45, 2.75) is 83.7 Å². The molecule has 0 saturated heterocycles. The number of hydrogen-bond donors (Lipinski definition) is 2. The first-order valence-corrected chi connectivity index (χ1v) is 13.9. The molecule has 0 unspecified atom stereocenters. The number of azide groups is 1. The van der Waals surface area contributed by atoms with Crippen LogP contribution in [0.2, 0.25) is 0 Å². The fraction of sp³-hybridized carbons (Fsp3) is 0.714. The monoisotopic (exact) mass is 523 g/mol. The van der Waals surface area contributed by atoms with Gasteiger partial charge in [0.05, 0.1) is 10.5 Å². The first-order chi connectivity index (χ1) is 18.0. The van der Waals surface area contributed by atoms with Crippen molar-refractivity contribution in [1.29, 1.82) is 0 Å². The zero-order valence-corrected chi connectivity index (χ0v) is 22.2. The largest absolute Gasteiger partial charge is 0.389 e. The van der Waals surface area contributed by atoms with Crippen molar-refractivity contribution in [3.8, 4) is 0 Å². The fourth-order valence-electron chi connectivity index (χ4n) is 9.02. The Morgan fingerprint density at radius 3 is 2.71 bits per heavy atom. The average Bonchev–Trinajstić information content (AvgIpc) is 3.15. The predicted molar refractivity (Wildman–Crippen MR) is 141 cm³/mol. The SMILES string of the molecule is C[C@]12CCC(=O)C[C@@H]1CC[C@@H]1[C@@H]2CC[C@@]2(C)[C@H]1CC[C@@]2(O)CCNC(=O)c1cc(N=[N+]=[N-])ccc1[N+](=O)[O-]. The summed E-state index contributed by atoms with van der Waals surface area (Å²) in [6.07, 6.45) is 8.65.